The van der Waals surface area contributed by atoms with E-state index in [9.17, 15) is 13.2 Å². The molecule has 8 heteroatoms. The van der Waals surface area contributed by atoms with Crippen LogP contribution in [0.3, 0.4) is 0 Å². The van der Waals surface area contributed by atoms with E-state index in [0.29, 0.717) is 12.1 Å². The number of carbonyl (C=O) groups excluding carboxylic acids is 1. The third-order valence-electron chi connectivity index (χ3n) is 3.50. The lowest BCUT2D eigenvalue weighted by Gasteiger charge is -2.12. The third-order valence-corrected chi connectivity index (χ3v) is 4.94. The average molecular weight is 362 g/mol. The summed E-state index contributed by atoms with van der Waals surface area (Å²) in [5, 5.41) is 6.11. The molecule has 0 spiro atoms. The molecule has 0 aliphatic carbocycles. The summed E-state index contributed by atoms with van der Waals surface area (Å²) in [4.78, 5) is 12.2. The summed E-state index contributed by atoms with van der Waals surface area (Å²) < 4.78 is 26.7. The quantitative estimate of drug-likeness (QED) is 0.709. The zero-order valence-corrected chi connectivity index (χ0v) is 15.0. The Labute approximate surface area is 143 Å². The first-order chi connectivity index (χ1) is 10.4. The molecule has 23 heavy (non-hydrogen) atoms. The number of amides is 1. The first kappa shape index (κ1) is 19.9. The minimum absolute atomic E-state index is 0. The molecular formula is C15H24ClN3O3S. The molecule has 1 saturated heterocycles. The Morgan fingerprint density at radius 3 is 2.48 bits per heavy atom. The van der Waals surface area contributed by atoms with Crippen molar-refractivity contribution >= 4 is 28.3 Å². The highest BCUT2D eigenvalue weighted by Gasteiger charge is 2.19. The molecule has 6 nitrogen and oxygen atoms in total. The Hall–Kier alpha value is -1.15. The molecule has 0 bridgehead atoms. The van der Waals surface area contributed by atoms with Gasteiger partial charge in [0.15, 0.2) is 0 Å². The number of halogens is 1. The number of hydrogen-bond acceptors (Lipinski definition) is 4. The van der Waals surface area contributed by atoms with Crippen LogP contribution in [0.5, 0.6) is 0 Å². The summed E-state index contributed by atoms with van der Waals surface area (Å²) in [6, 6.07) is 6.15. The Balaban J connectivity index is 0.00000264. The van der Waals surface area contributed by atoms with Gasteiger partial charge in [-0.05, 0) is 43.1 Å². The highest BCUT2D eigenvalue weighted by Crippen LogP contribution is 2.11. The van der Waals surface area contributed by atoms with Gasteiger partial charge < -0.3 is 10.6 Å². The van der Waals surface area contributed by atoms with E-state index in [1.807, 2.05) is 13.8 Å². The smallest absolute Gasteiger partial charge is 0.251 e. The maximum atomic E-state index is 12.1. The van der Waals surface area contributed by atoms with Crippen molar-refractivity contribution in [2.24, 2.45) is 5.92 Å². The molecule has 1 heterocycles. The van der Waals surface area contributed by atoms with Crippen LogP contribution in [0.25, 0.3) is 0 Å². The molecule has 1 atom stereocenters. The molecule has 130 valence electrons. The molecule has 1 aromatic rings. The number of benzene rings is 1. The molecule has 1 amide bonds. The summed E-state index contributed by atoms with van der Waals surface area (Å²) in [5.74, 6) is 0.0626. The lowest BCUT2D eigenvalue weighted by molar-refractivity contribution is 0.0940. The van der Waals surface area contributed by atoms with Crippen LogP contribution in [0.2, 0.25) is 0 Å². The average Bonchev–Trinajstić information content (AvgIpc) is 2.98. The highest BCUT2D eigenvalue weighted by molar-refractivity contribution is 7.89. The largest absolute Gasteiger partial charge is 0.348 e. The second-order valence-electron chi connectivity index (χ2n) is 5.93. The molecule has 1 unspecified atom stereocenters. The van der Waals surface area contributed by atoms with Crippen molar-refractivity contribution in [1.29, 1.82) is 0 Å². The topological polar surface area (TPSA) is 87.3 Å². The predicted molar refractivity (Wildman–Crippen MR) is 92.5 cm³/mol. The van der Waals surface area contributed by atoms with Crippen molar-refractivity contribution in [2.45, 2.75) is 31.2 Å². The SMILES string of the molecule is CC(C)CNS(=O)(=O)c1ccc(C(=O)NC2CCNC2)cc1.Cl. The van der Waals surface area contributed by atoms with Crippen LogP contribution in [-0.4, -0.2) is 40.0 Å². The van der Waals surface area contributed by atoms with E-state index >= 15 is 0 Å². The Kier molecular flexibility index (Phi) is 7.47. The third kappa shape index (κ3) is 5.76. The number of nitrogens with one attached hydrogen (secondary N) is 3. The zero-order chi connectivity index (χ0) is 16.2. The first-order valence-corrected chi connectivity index (χ1v) is 8.98. The lowest BCUT2D eigenvalue weighted by atomic mass is 10.2. The molecule has 0 saturated carbocycles. The molecule has 0 aromatic heterocycles. The number of hydrogen-bond donors (Lipinski definition) is 3. The summed E-state index contributed by atoms with van der Waals surface area (Å²) in [5.41, 5.74) is 0.467. The van der Waals surface area contributed by atoms with Crippen LogP contribution >= 0.6 is 12.4 Å². The van der Waals surface area contributed by atoms with E-state index < -0.39 is 10.0 Å². The minimum atomic E-state index is -3.51. The van der Waals surface area contributed by atoms with Crippen LogP contribution in [0, 0.1) is 5.92 Å². The Morgan fingerprint density at radius 1 is 1.30 bits per heavy atom. The fourth-order valence-corrected chi connectivity index (χ4v) is 3.41. The number of carbonyl (C=O) groups is 1. The fraction of sp³-hybridized carbons (Fsp3) is 0.533. The van der Waals surface area contributed by atoms with Gasteiger partial charge in [0.1, 0.15) is 0 Å². The number of sulfonamides is 1. The van der Waals surface area contributed by atoms with Gasteiger partial charge in [-0.3, -0.25) is 4.79 Å². The van der Waals surface area contributed by atoms with Crippen molar-refractivity contribution in [3.63, 3.8) is 0 Å². The first-order valence-electron chi connectivity index (χ1n) is 7.50. The van der Waals surface area contributed by atoms with Crippen LogP contribution in [0.4, 0.5) is 0 Å². The van der Waals surface area contributed by atoms with Gasteiger partial charge in [0.05, 0.1) is 4.90 Å². The lowest BCUT2D eigenvalue weighted by Crippen LogP contribution is -2.36. The van der Waals surface area contributed by atoms with Gasteiger partial charge in [-0.25, -0.2) is 13.1 Å². The second-order valence-corrected chi connectivity index (χ2v) is 7.70. The van der Waals surface area contributed by atoms with E-state index in [-0.39, 0.29) is 35.2 Å². The monoisotopic (exact) mass is 361 g/mol. The van der Waals surface area contributed by atoms with Gasteiger partial charge in [0.25, 0.3) is 5.91 Å². The molecular weight excluding hydrogens is 338 g/mol. The van der Waals surface area contributed by atoms with Crippen molar-refractivity contribution in [3.8, 4) is 0 Å². The maximum Gasteiger partial charge on any atom is 0.251 e. The van der Waals surface area contributed by atoms with Gasteiger partial charge in [-0.15, -0.1) is 12.4 Å². The summed E-state index contributed by atoms with van der Waals surface area (Å²) in [7, 11) is -3.51. The molecule has 1 aliphatic rings. The second kappa shape index (κ2) is 8.63. The zero-order valence-electron chi connectivity index (χ0n) is 13.3. The van der Waals surface area contributed by atoms with Gasteiger partial charge >= 0.3 is 0 Å². The van der Waals surface area contributed by atoms with Crippen molar-refractivity contribution in [2.75, 3.05) is 19.6 Å². The summed E-state index contributed by atoms with van der Waals surface area (Å²) in [6.07, 6.45) is 0.914. The normalized spacial score (nSPS) is 17.8. The van der Waals surface area contributed by atoms with Gasteiger partial charge in [-0.1, -0.05) is 13.8 Å². The van der Waals surface area contributed by atoms with Crippen LogP contribution in [0.1, 0.15) is 30.6 Å². The van der Waals surface area contributed by atoms with Gasteiger partial charge in [0.2, 0.25) is 10.0 Å². The van der Waals surface area contributed by atoms with Gasteiger partial charge in [0, 0.05) is 24.7 Å². The van der Waals surface area contributed by atoms with E-state index in [2.05, 4.69) is 15.4 Å². The summed E-state index contributed by atoms with van der Waals surface area (Å²) >= 11 is 0. The molecule has 0 radical (unpaired) electrons. The Morgan fingerprint density at radius 2 is 1.96 bits per heavy atom. The minimum Gasteiger partial charge on any atom is -0.348 e. The Bertz CT molecular complexity index is 611. The maximum absolute atomic E-state index is 12.1. The van der Waals surface area contributed by atoms with Crippen LogP contribution in [0.15, 0.2) is 29.2 Å². The molecule has 3 N–H and O–H groups in total. The van der Waals surface area contributed by atoms with Crippen molar-refractivity contribution in [3.05, 3.63) is 29.8 Å². The van der Waals surface area contributed by atoms with E-state index in [1.165, 1.54) is 12.1 Å². The standard InChI is InChI=1S/C15H23N3O3S.ClH/c1-11(2)9-17-22(20,21)14-5-3-12(4-6-14)15(19)18-13-7-8-16-10-13;/h3-6,11,13,16-17H,7-10H2,1-2H3,(H,18,19);1H. The van der Waals surface area contributed by atoms with Crippen molar-refractivity contribution in [1.82, 2.24) is 15.4 Å². The van der Waals surface area contributed by atoms with E-state index in [1.54, 1.807) is 12.1 Å². The molecule has 2 rings (SSSR count). The van der Waals surface area contributed by atoms with Gasteiger partial charge in [-0.2, -0.15) is 0 Å². The molecule has 1 aromatic carbocycles. The van der Waals surface area contributed by atoms with E-state index in [4.69, 9.17) is 0 Å². The van der Waals surface area contributed by atoms with Crippen LogP contribution in [-0.2, 0) is 10.0 Å². The molecule has 1 aliphatic heterocycles. The van der Waals surface area contributed by atoms with E-state index in [0.717, 1.165) is 19.5 Å². The van der Waals surface area contributed by atoms with Crippen LogP contribution < -0.4 is 15.4 Å². The number of rotatable bonds is 6. The highest BCUT2D eigenvalue weighted by atomic mass is 35.5. The predicted octanol–water partition coefficient (Wildman–Crippen LogP) is 1.13. The summed E-state index contributed by atoms with van der Waals surface area (Å²) in [6.45, 7) is 5.95. The fourth-order valence-electron chi connectivity index (χ4n) is 2.19. The van der Waals surface area contributed by atoms with Crippen molar-refractivity contribution < 1.29 is 13.2 Å². The molecule has 1 fully saturated rings.